The van der Waals surface area contributed by atoms with E-state index in [-0.39, 0.29) is 16.9 Å². The molecule has 0 saturated heterocycles. The van der Waals surface area contributed by atoms with Crippen molar-refractivity contribution >= 4 is 5.97 Å². The van der Waals surface area contributed by atoms with E-state index in [2.05, 4.69) is 0 Å². The van der Waals surface area contributed by atoms with Crippen molar-refractivity contribution < 1.29 is 24.9 Å². The summed E-state index contributed by atoms with van der Waals surface area (Å²) in [7, 11) is 0. The number of benzene rings is 1. The lowest BCUT2D eigenvalue weighted by Crippen LogP contribution is -2.05. The summed E-state index contributed by atoms with van der Waals surface area (Å²) in [6.07, 6.45) is -1.63. The van der Waals surface area contributed by atoms with Crippen LogP contribution in [0.5, 0.6) is 5.75 Å². The van der Waals surface area contributed by atoms with Crippen LogP contribution in [0, 0.1) is 0 Å². The molecule has 0 saturated carbocycles. The number of hydrogen-bond acceptors (Lipinski definition) is 4. The Bertz CT molecular complexity index is 359. The van der Waals surface area contributed by atoms with Crippen LogP contribution in [0.4, 0.5) is 0 Å². The Hall–Kier alpha value is -1.59. The number of aliphatic hydroxyl groups is 2. The SMILES string of the molecule is CCOc1cc(C(O)O)ccc1C(=O)O. The molecule has 1 rings (SSSR count). The van der Waals surface area contributed by atoms with Crippen molar-refractivity contribution in [2.75, 3.05) is 6.61 Å². The van der Waals surface area contributed by atoms with E-state index in [0.29, 0.717) is 6.61 Å². The van der Waals surface area contributed by atoms with Gasteiger partial charge in [-0.1, -0.05) is 6.07 Å². The summed E-state index contributed by atoms with van der Waals surface area (Å²) in [4.78, 5) is 10.8. The number of carboxylic acid groups (broad SMARTS) is 1. The first-order valence-corrected chi connectivity index (χ1v) is 4.42. The molecule has 0 bridgehead atoms. The van der Waals surface area contributed by atoms with Gasteiger partial charge in [0.15, 0.2) is 6.29 Å². The van der Waals surface area contributed by atoms with Gasteiger partial charge >= 0.3 is 5.97 Å². The molecule has 0 aliphatic heterocycles. The van der Waals surface area contributed by atoms with Crippen molar-refractivity contribution in [1.29, 1.82) is 0 Å². The van der Waals surface area contributed by atoms with Crippen molar-refractivity contribution in [3.63, 3.8) is 0 Å². The molecule has 15 heavy (non-hydrogen) atoms. The second-order valence-electron chi connectivity index (χ2n) is 2.87. The van der Waals surface area contributed by atoms with Crippen LogP contribution in [0.25, 0.3) is 0 Å². The van der Waals surface area contributed by atoms with Crippen molar-refractivity contribution in [3.8, 4) is 5.75 Å². The lowest BCUT2D eigenvalue weighted by molar-refractivity contribution is -0.0426. The zero-order valence-electron chi connectivity index (χ0n) is 8.17. The molecule has 5 heteroatoms. The number of ether oxygens (including phenoxy) is 1. The zero-order valence-corrected chi connectivity index (χ0v) is 8.17. The van der Waals surface area contributed by atoms with Crippen LogP contribution < -0.4 is 4.74 Å². The highest BCUT2D eigenvalue weighted by Crippen LogP contribution is 2.23. The molecule has 3 N–H and O–H groups in total. The number of hydrogen-bond donors (Lipinski definition) is 3. The molecule has 0 heterocycles. The smallest absolute Gasteiger partial charge is 0.339 e. The predicted octanol–water partition coefficient (Wildman–Crippen LogP) is 0.767. The molecule has 0 aliphatic rings. The minimum Gasteiger partial charge on any atom is -0.493 e. The highest BCUT2D eigenvalue weighted by atomic mass is 16.5. The Labute approximate surface area is 86.5 Å². The number of carbonyl (C=O) groups is 1. The molecule has 0 radical (unpaired) electrons. The Balaban J connectivity index is 3.14. The third kappa shape index (κ3) is 2.68. The fourth-order valence-corrected chi connectivity index (χ4v) is 1.15. The second kappa shape index (κ2) is 4.77. The van der Waals surface area contributed by atoms with Crippen LogP contribution in [0.2, 0.25) is 0 Å². The van der Waals surface area contributed by atoms with Crippen LogP contribution in [-0.2, 0) is 0 Å². The normalized spacial score (nSPS) is 10.4. The van der Waals surface area contributed by atoms with E-state index < -0.39 is 12.3 Å². The molecule has 1 aromatic rings. The molecule has 0 atom stereocenters. The minimum absolute atomic E-state index is 0.00116. The first-order chi connectivity index (χ1) is 7.06. The molecule has 0 fully saturated rings. The maximum atomic E-state index is 10.8. The fourth-order valence-electron chi connectivity index (χ4n) is 1.15. The number of carboxylic acids is 1. The third-order valence-corrected chi connectivity index (χ3v) is 1.83. The van der Waals surface area contributed by atoms with Crippen molar-refractivity contribution in [1.82, 2.24) is 0 Å². The standard InChI is InChI=1S/C10H12O5/c1-2-15-8-5-6(9(11)12)3-4-7(8)10(13)14/h3-5,9,11-12H,2H2,1H3,(H,13,14). The van der Waals surface area contributed by atoms with Crippen LogP contribution in [0.3, 0.4) is 0 Å². The fraction of sp³-hybridized carbons (Fsp3) is 0.300. The van der Waals surface area contributed by atoms with E-state index in [1.807, 2.05) is 0 Å². The maximum Gasteiger partial charge on any atom is 0.339 e. The number of aromatic carboxylic acids is 1. The van der Waals surface area contributed by atoms with E-state index in [1.165, 1.54) is 18.2 Å². The van der Waals surface area contributed by atoms with Gasteiger partial charge in [0.05, 0.1) is 6.61 Å². The summed E-state index contributed by atoms with van der Waals surface area (Å²) in [5.74, 6) is -0.979. The summed E-state index contributed by atoms with van der Waals surface area (Å²) in [6, 6.07) is 3.91. The summed E-state index contributed by atoms with van der Waals surface area (Å²) in [5.41, 5.74) is 0.199. The topological polar surface area (TPSA) is 87.0 Å². The van der Waals surface area contributed by atoms with Gasteiger partial charge in [-0.2, -0.15) is 0 Å². The summed E-state index contributed by atoms with van der Waals surface area (Å²) in [5, 5.41) is 26.6. The van der Waals surface area contributed by atoms with Crippen LogP contribution >= 0.6 is 0 Å². The van der Waals surface area contributed by atoms with Gasteiger partial charge in [-0.05, 0) is 19.1 Å². The molecular weight excluding hydrogens is 200 g/mol. The minimum atomic E-state index is -1.63. The van der Waals surface area contributed by atoms with Crippen molar-refractivity contribution in [2.24, 2.45) is 0 Å². The van der Waals surface area contributed by atoms with Gasteiger partial charge in [0.25, 0.3) is 0 Å². The largest absolute Gasteiger partial charge is 0.493 e. The Kier molecular flexibility index (Phi) is 3.65. The Morgan fingerprint density at radius 3 is 2.60 bits per heavy atom. The molecule has 0 unspecified atom stereocenters. The summed E-state index contributed by atoms with van der Waals surface area (Å²) in [6.45, 7) is 2.03. The van der Waals surface area contributed by atoms with Crippen molar-refractivity contribution in [2.45, 2.75) is 13.2 Å². The van der Waals surface area contributed by atoms with Gasteiger partial charge in [-0.3, -0.25) is 0 Å². The highest BCUT2D eigenvalue weighted by Gasteiger charge is 2.13. The van der Waals surface area contributed by atoms with E-state index in [9.17, 15) is 4.79 Å². The lowest BCUT2D eigenvalue weighted by atomic mass is 10.1. The Morgan fingerprint density at radius 1 is 1.47 bits per heavy atom. The van der Waals surface area contributed by atoms with Gasteiger partial charge < -0.3 is 20.1 Å². The molecule has 0 spiro atoms. The van der Waals surface area contributed by atoms with E-state index in [0.717, 1.165) is 0 Å². The molecule has 0 amide bonds. The third-order valence-electron chi connectivity index (χ3n) is 1.83. The molecule has 82 valence electrons. The van der Waals surface area contributed by atoms with Gasteiger partial charge in [0.2, 0.25) is 0 Å². The summed E-state index contributed by atoms with van der Waals surface area (Å²) >= 11 is 0. The van der Waals surface area contributed by atoms with Crippen LogP contribution in [-0.4, -0.2) is 27.9 Å². The van der Waals surface area contributed by atoms with Gasteiger partial charge in [-0.25, -0.2) is 4.79 Å². The van der Waals surface area contributed by atoms with Crippen LogP contribution in [0.15, 0.2) is 18.2 Å². The van der Waals surface area contributed by atoms with E-state index >= 15 is 0 Å². The lowest BCUT2D eigenvalue weighted by Gasteiger charge is -2.10. The van der Waals surface area contributed by atoms with Crippen LogP contribution in [0.1, 0.15) is 29.1 Å². The number of aliphatic hydroxyl groups excluding tert-OH is 1. The monoisotopic (exact) mass is 212 g/mol. The van der Waals surface area contributed by atoms with Gasteiger partial charge in [0.1, 0.15) is 11.3 Å². The Morgan fingerprint density at radius 2 is 2.13 bits per heavy atom. The van der Waals surface area contributed by atoms with E-state index in [4.69, 9.17) is 20.1 Å². The predicted molar refractivity (Wildman–Crippen MR) is 51.7 cm³/mol. The summed E-state index contributed by atoms with van der Waals surface area (Å²) < 4.78 is 5.09. The molecule has 0 aliphatic carbocycles. The van der Waals surface area contributed by atoms with E-state index in [1.54, 1.807) is 6.92 Å². The second-order valence-corrected chi connectivity index (χ2v) is 2.87. The average Bonchev–Trinajstić information content (AvgIpc) is 2.17. The maximum absolute atomic E-state index is 10.8. The average molecular weight is 212 g/mol. The van der Waals surface area contributed by atoms with Crippen molar-refractivity contribution in [3.05, 3.63) is 29.3 Å². The molecule has 5 nitrogen and oxygen atoms in total. The first-order valence-electron chi connectivity index (χ1n) is 4.42. The highest BCUT2D eigenvalue weighted by molar-refractivity contribution is 5.91. The van der Waals surface area contributed by atoms with Gasteiger partial charge in [0, 0.05) is 5.56 Å². The quantitative estimate of drug-likeness (QED) is 0.641. The number of rotatable bonds is 4. The molecule has 1 aromatic carbocycles. The molecule has 0 aromatic heterocycles. The first kappa shape index (κ1) is 11.5. The molecular formula is C10H12O5. The zero-order chi connectivity index (χ0) is 11.4. The van der Waals surface area contributed by atoms with Gasteiger partial charge in [-0.15, -0.1) is 0 Å².